The molecule has 14 heavy (non-hydrogen) atoms. The maximum absolute atomic E-state index is 11.3. The van der Waals surface area contributed by atoms with Crippen molar-refractivity contribution in [2.24, 2.45) is 5.41 Å². The molecule has 0 amide bonds. The van der Waals surface area contributed by atoms with E-state index in [9.17, 15) is 9.90 Å². The van der Waals surface area contributed by atoms with Gasteiger partial charge < -0.3 is 5.11 Å². The van der Waals surface area contributed by atoms with Crippen LogP contribution in [0.2, 0.25) is 0 Å². The Morgan fingerprint density at radius 3 is 1.86 bits per heavy atom. The lowest BCUT2D eigenvalue weighted by Crippen LogP contribution is -2.30. The Kier molecular flexibility index (Phi) is 4.43. The molecular formula is C12H22O2. The Bertz CT molecular complexity index is 177. The zero-order valence-electron chi connectivity index (χ0n) is 9.22. The molecule has 1 aliphatic rings. The molecule has 1 fully saturated rings. The van der Waals surface area contributed by atoms with Gasteiger partial charge in [0.1, 0.15) is 0 Å². The van der Waals surface area contributed by atoms with E-state index < -0.39 is 11.4 Å². The molecule has 0 aromatic rings. The first kappa shape index (κ1) is 11.5. The smallest absolute Gasteiger partial charge is 0.309 e. The standard InChI is InChI=1S/C12H22O2/c1-2-12(11(13)14)9-7-5-3-4-6-8-10-12/h2-10H2,1H3,(H,13,14). The van der Waals surface area contributed by atoms with Crippen molar-refractivity contribution in [3.63, 3.8) is 0 Å². The first-order valence-electron chi connectivity index (χ1n) is 5.95. The fourth-order valence-corrected chi connectivity index (χ4v) is 2.48. The van der Waals surface area contributed by atoms with Gasteiger partial charge in [0.25, 0.3) is 0 Å². The van der Waals surface area contributed by atoms with E-state index in [1.165, 1.54) is 25.7 Å². The summed E-state index contributed by atoms with van der Waals surface area (Å²) in [6.45, 7) is 2.02. The van der Waals surface area contributed by atoms with Crippen molar-refractivity contribution in [1.82, 2.24) is 0 Å². The normalized spacial score (nSPS) is 23.2. The summed E-state index contributed by atoms with van der Waals surface area (Å²) in [7, 11) is 0. The molecule has 1 N–H and O–H groups in total. The fraction of sp³-hybridized carbons (Fsp3) is 0.917. The van der Waals surface area contributed by atoms with E-state index in [0.717, 1.165) is 32.1 Å². The van der Waals surface area contributed by atoms with Crippen molar-refractivity contribution in [1.29, 1.82) is 0 Å². The third-order valence-corrected chi connectivity index (χ3v) is 3.69. The van der Waals surface area contributed by atoms with Gasteiger partial charge in [0, 0.05) is 0 Å². The highest BCUT2D eigenvalue weighted by Gasteiger charge is 2.35. The molecular weight excluding hydrogens is 176 g/mol. The molecule has 0 aromatic heterocycles. The number of hydrogen-bond acceptors (Lipinski definition) is 1. The number of carboxylic acids is 1. The minimum absolute atomic E-state index is 0.398. The summed E-state index contributed by atoms with van der Waals surface area (Å²) in [5.74, 6) is -0.568. The molecule has 0 radical (unpaired) electrons. The molecule has 0 aromatic carbocycles. The number of hydrogen-bond donors (Lipinski definition) is 1. The molecule has 0 bridgehead atoms. The van der Waals surface area contributed by atoms with E-state index in [1.807, 2.05) is 6.92 Å². The average molecular weight is 198 g/mol. The molecule has 1 rings (SSSR count). The second kappa shape index (κ2) is 5.38. The molecule has 0 atom stereocenters. The summed E-state index contributed by atoms with van der Waals surface area (Å²) in [5.41, 5.74) is -0.398. The van der Waals surface area contributed by atoms with Crippen LogP contribution < -0.4 is 0 Å². The minimum atomic E-state index is -0.568. The van der Waals surface area contributed by atoms with E-state index >= 15 is 0 Å². The van der Waals surface area contributed by atoms with Gasteiger partial charge in [0.05, 0.1) is 5.41 Å². The lowest BCUT2D eigenvalue weighted by molar-refractivity contribution is -0.150. The van der Waals surface area contributed by atoms with Crippen LogP contribution in [0.3, 0.4) is 0 Å². The molecule has 82 valence electrons. The monoisotopic (exact) mass is 198 g/mol. The number of carboxylic acid groups (broad SMARTS) is 1. The lowest BCUT2D eigenvalue weighted by atomic mass is 9.76. The summed E-state index contributed by atoms with van der Waals surface area (Å²) in [6.07, 6.45) is 9.78. The van der Waals surface area contributed by atoms with Gasteiger partial charge in [-0.05, 0) is 19.3 Å². The first-order valence-corrected chi connectivity index (χ1v) is 5.95. The third-order valence-electron chi connectivity index (χ3n) is 3.69. The summed E-state index contributed by atoms with van der Waals surface area (Å²) in [5, 5.41) is 9.30. The molecule has 0 spiro atoms. The van der Waals surface area contributed by atoms with Gasteiger partial charge in [-0.25, -0.2) is 0 Å². The van der Waals surface area contributed by atoms with E-state index in [-0.39, 0.29) is 0 Å². The van der Waals surface area contributed by atoms with Gasteiger partial charge in [0.2, 0.25) is 0 Å². The van der Waals surface area contributed by atoms with E-state index in [0.29, 0.717) is 0 Å². The topological polar surface area (TPSA) is 37.3 Å². The Hall–Kier alpha value is -0.530. The zero-order chi connectivity index (χ0) is 10.4. The van der Waals surface area contributed by atoms with Crippen LogP contribution in [-0.2, 0) is 4.79 Å². The van der Waals surface area contributed by atoms with E-state index in [2.05, 4.69) is 0 Å². The first-order chi connectivity index (χ1) is 6.71. The zero-order valence-corrected chi connectivity index (χ0v) is 9.22. The van der Waals surface area contributed by atoms with E-state index in [1.54, 1.807) is 0 Å². The van der Waals surface area contributed by atoms with Crippen molar-refractivity contribution in [2.45, 2.75) is 64.7 Å². The quantitative estimate of drug-likeness (QED) is 0.736. The van der Waals surface area contributed by atoms with Crippen LogP contribution in [0.1, 0.15) is 64.7 Å². The van der Waals surface area contributed by atoms with Crippen LogP contribution in [0.15, 0.2) is 0 Å². The van der Waals surface area contributed by atoms with Crippen LogP contribution in [0.5, 0.6) is 0 Å². The molecule has 0 heterocycles. The maximum atomic E-state index is 11.3. The number of aliphatic carboxylic acids is 1. The molecule has 0 saturated heterocycles. The Morgan fingerprint density at radius 1 is 1.07 bits per heavy atom. The molecule has 2 heteroatoms. The van der Waals surface area contributed by atoms with Crippen molar-refractivity contribution in [2.75, 3.05) is 0 Å². The van der Waals surface area contributed by atoms with Crippen LogP contribution in [0.4, 0.5) is 0 Å². The highest BCUT2D eigenvalue weighted by atomic mass is 16.4. The summed E-state index contributed by atoms with van der Waals surface area (Å²) in [4.78, 5) is 11.3. The van der Waals surface area contributed by atoms with Crippen LogP contribution in [0.25, 0.3) is 0 Å². The van der Waals surface area contributed by atoms with Crippen LogP contribution in [-0.4, -0.2) is 11.1 Å². The lowest BCUT2D eigenvalue weighted by Gasteiger charge is -2.27. The predicted molar refractivity (Wildman–Crippen MR) is 57.3 cm³/mol. The van der Waals surface area contributed by atoms with Crippen molar-refractivity contribution in [3.8, 4) is 0 Å². The molecule has 0 aliphatic heterocycles. The van der Waals surface area contributed by atoms with Gasteiger partial charge in [-0.15, -0.1) is 0 Å². The summed E-state index contributed by atoms with van der Waals surface area (Å²) in [6, 6.07) is 0. The average Bonchev–Trinajstić information content (AvgIpc) is 2.29. The summed E-state index contributed by atoms with van der Waals surface area (Å²) >= 11 is 0. The number of carbonyl (C=O) groups is 1. The second-order valence-electron chi connectivity index (χ2n) is 4.56. The molecule has 2 nitrogen and oxygen atoms in total. The Balaban J connectivity index is 2.64. The summed E-state index contributed by atoms with van der Waals surface area (Å²) < 4.78 is 0. The Labute approximate surface area is 86.7 Å². The van der Waals surface area contributed by atoms with Gasteiger partial charge >= 0.3 is 5.97 Å². The SMILES string of the molecule is CCC1(C(=O)O)CCCCCCCC1. The van der Waals surface area contributed by atoms with E-state index in [4.69, 9.17) is 0 Å². The Morgan fingerprint density at radius 2 is 1.50 bits per heavy atom. The van der Waals surface area contributed by atoms with Crippen molar-refractivity contribution in [3.05, 3.63) is 0 Å². The third kappa shape index (κ3) is 2.73. The van der Waals surface area contributed by atoms with Gasteiger partial charge in [-0.3, -0.25) is 4.79 Å². The van der Waals surface area contributed by atoms with Crippen LogP contribution in [0, 0.1) is 5.41 Å². The second-order valence-corrected chi connectivity index (χ2v) is 4.56. The number of rotatable bonds is 2. The molecule has 0 unspecified atom stereocenters. The minimum Gasteiger partial charge on any atom is -0.481 e. The fourth-order valence-electron chi connectivity index (χ4n) is 2.48. The highest BCUT2D eigenvalue weighted by molar-refractivity contribution is 5.74. The van der Waals surface area contributed by atoms with Crippen molar-refractivity contribution < 1.29 is 9.90 Å². The van der Waals surface area contributed by atoms with Crippen molar-refractivity contribution >= 4 is 5.97 Å². The van der Waals surface area contributed by atoms with Gasteiger partial charge in [-0.1, -0.05) is 45.4 Å². The van der Waals surface area contributed by atoms with Gasteiger partial charge in [0.15, 0.2) is 0 Å². The predicted octanol–water partition coefficient (Wildman–Crippen LogP) is 3.60. The van der Waals surface area contributed by atoms with Crippen LogP contribution >= 0.6 is 0 Å². The highest BCUT2D eigenvalue weighted by Crippen LogP contribution is 2.36. The largest absolute Gasteiger partial charge is 0.481 e. The molecule has 1 saturated carbocycles. The van der Waals surface area contributed by atoms with Gasteiger partial charge in [-0.2, -0.15) is 0 Å². The molecule has 1 aliphatic carbocycles. The maximum Gasteiger partial charge on any atom is 0.309 e.